The average Bonchev–Trinajstić information content (AvgIpc) is 2.97. The van der Waals surface area contributed by atoms with E-state index in [1.807, 2.05) is 41.4 Å². The lowest BCUT2D eigenvalue weighted by atomic mass is 9.92. The molecule has 4 rings (SSSR count). The van der Waals surface area contributed by atoms with Crippen LogP contribution in [0, 0.1) is 17.8 Å². The lowest BCUT2D eigenvalue weighted by Crippen LogP contribution is -2.62. The average molecular weight is 379 g/mol. The van der Waals surface area contributed by atoms with Gasteiger partial charge in [0, 0.05) is 25.7 Å². The molecule has 4 unspecified atom stereocenters. The van der Waals surface area contributed by atoms with Crippen molar-refractivity contribution < 1.29 is 14.7 Å². The van der Waals surface area contributed by atoms with Crippen LogP contribution < -0.4 is 0 Å². The van der Waals surface area contributed by atoms with Gasteiger partial charge in [-0.25, -0.2) is 10.0 Å². The molecule has 146 valence electrons. The minimum atomic E-state index is -0.965. The third kappa shape index (κ3) is 3.37. The number of nitrogens with zero attached hydrogens (tertiary/aromatic N) is 3. The number of amides is 2. The summed E-state index contributed by atoms with van der Waals surface area (Å²) in [6.45, 7) is 1.63. The molecule has 0 aliphatic carbocycles. The summed E-state index contributed by atoms with van der Waals surface area (Å²) < 4.78 is 0. The normalized spacial score (nSPS) is 29.4. The molecule has 6 heteroatoms. The second kappa shape index (κ2) is 7.88. The number of piperidine rings is 1. The van der Waals surface area contributed by atoms with Crippen molar-refractivity contribution in [2.75, 3.05) is 20.1 Å². The predicted molar refractivity (Wildman–Crippen MR) is 105 cm³/mol. The summed E-state index contributed by atoms with van der Waals surface area (Å²) >= 11 is 0. The molecule has 3 heterocycles. The van der Waals surface area contributed by atoms with Crippen LogP contribution in [0.5, 0.6) is 0 Å². The van der Waals surface area contributed by atoms with Gasteiger partial charge in [-0.05, 0) is 25.0 Å². The summed E-state index contributed by atoms with van der Waals surface area (Å²) in [5.74, 6) is 5.05. The van der Waals surface area contributed by atoms with Crippen LogP contribution in [-0.4, -0.2) is 70.2 Å². The molecule has 0 aromatic heterocycles. The van der Waals surface area contributed by atoms with Crippen molar-refractivity contribution in [2.24, 2.45) is 5.92 Å². The number of carbonyl (C=O) groups is 2. The van der Waals surface area contributed by atoms with Gasteiger partial charge in [0.2, 0.25) is 11.8 Å². The number of hydrogen-bond acceptors (Lipinski definition) is 5. The monoisotopic (exact) mass is 379 g/mol. The van der Waals surface area contributed by atoms with Crippen LogP contribution in [-0.2, 0) is 9.59 Å². The van der Waals surface area contributed by atoms with Crippen LogP contribution in [0.2, 0.25) is 0 Å². The zero-order valence-corrected chi connectivity index (χ0v) is 16.0. The van der Waals surface area contributed by atoms with Crippen molar-refractivity contribution in [2.45, 2.75) is 37.5 Å². The molecule has 3 aliphatic rings. The van der Waals surface area contributed by atoms with Crippen molar-refractivity contribution in [1.82, 2.24) is 14.9 Å². The largest absolute Gasteiger partial charge is 0.378 e. The number of fused-ring (bicyclic) bond motifs is 1. The van der Waals surface area contributed by atoms with Gasteiger partial charge in [-0.2, -0.15) is 0 Å². The first-order chi connectivity index (χ1) is 13.6. The maximum atomic E-state index is 12.8. The first-order valence-electron chi connectivity index (χ1n) is 9.85. The summed E-state index contributed by atoms with van der Waals surface area (Å²) in [6.07, 6.45) is 5.87. The second-order valence-electron chi connectivity index (χ2n) is 7.56. The lowest BCUT2D eigenvalue weighted by Gasteiger charge is -2.47. The molecule has 2 saturated heterocycles. The van der Waals surface area contributed by atoms with E-state index in [9.17, 15) is 14.7 Å². The highest BCUT2D eigenvalue weighted by atomic mass is 16.3. The van der Waals surface area contributed by atoms with E-state index >= 15 is 0 Å². The molecule has 0 radical (unpaired) electrons. The standard InChI is InChI=1S/C22H25N3O3/c1-23-21(27)17-11-12-18(19(26)13-10-16-8-4-2-5-9-16)25(20(17)22(23)28)24-14-6-3-7-15-24/h2,4-5,8-9,11-12,17-20,26H,3,6-7,14-15H2,1H3. The van der Waals surface area contributed by atoms with Gasteiger partial charge >= 0.3 is 0 Å². The van der Waals surface area contributed by atoms with Crippen molar-refractivity contribution >= 4 is 11.8 Å². The zero-order chi connectivity index (χ0) is 19.7. The predicted octanol–water partition coefficient (Wildman–Crippen LogP) is 1.02. The maximum absolute atomic E-state index is 12.8. The van der Waals surface area contributed by atoms with Crippen molar-refractivity contribution in [3.8, 4) is 11.8 Å². The number of hydrazine groups is 1. The summed E-state index contributed by atoms with van der Waals surface area (Å²) in [4.78, 5) is 26.5. The molecule has 4 atom stereocenters. The first-order valence-corrected chi connectivity index (χ1v) is 9.85. The Bertz CT molecular complexity index is 836. The molecule has 3 aliphatic heterocycles. The summed E-state index contributed by atoms with van der Waals surface area (Å²) in [5.41, 5.74) is 0.829. The first kappa shape index (κ1) is 18.9. The minimum Gasteiger partial charge on any atom is -0.378 e. The lowest BCUT2D eigenvalue weighted by molar-refractivity contribution is -0.152. The number of imide groups is 1. The van der Waals surface area contributed by atoms with E-state index in [1.54, 1.807) is 6.08 Å². The van der Waals surface area contributed by atoms with Crippen LogP contribution in [0.15, 0.2) is 42.5 Å². The fourth-order valence-electron chi connectivity index (χ4n) is 4.28. The number of benzene rings is 1. The van der Waals surface area contributed by atoms with Gasteiger partial charge in [0.1, 0.15) is 12.1 Å². The molecule has 6 nitrogen and oxygen atoms in total. The van der Waals surface area contributed by atoms with E-state index in [4.69, 9.17) is 0 Å². The van der Waals surface area contributed by atoms with Gasteiger partial charge < -0.3 is 5.11 Å². The van der Waals surface area contributed by atoms with Crippen LogP contribution in [0.1, 0.15) is 24.8 Å². The Balaban J connectivity index is 1.66. The van der Waals surface area contributed by atoms with Gasteiger partial charge in [-0.3, -0.25) is 14.5 Å². The van der Waals surface area contributed by atoms with E-state index in [0.29, 0.717) is 0 Å². The Morgan fingerprint density at radius 3 is 2.46 bits per heavy atom. The molecule has 0 saturated carbocycles. The SMILES string of the molecule is CN1C(=O)C2C=CC(C(O)C#Cc3ccccc3)N(N3CCCCC3)C2C1=O. The van der Waals surface area contributed by atoms with E-state index < -0.39 is 24.1 Å². The fourth-order valence-corrected chi connectivity index (χ4v) is 4.28. The molecule has 1 aromatic carbocycles. The van der Waals surface area contributed by atoms with Gasteiger partial charge in [0.25, 0.3) is 0 Å². The van der Waals surface area contributed by atoms with Crippen LogP contribution >= 0.6 is 0 Å². The van der Waals surface area contributed by atoms with Crippen molar-refractivity contribution in [3.63, 3.8) is 0 Å². The Morgan fingerprint density at radius 1 is 1.04 bits per heavy atom. The number of hydrogen-bond donors (Lipinski definition) is 1. The Labute approximate surface area is 165 Å². The Morgan fingerprint density at radius 2 is 1.75 bits per heavy atom. The molecule has 2 fully saturated rings. The van der Waals surface area contributed by atoms with Crippen molar-refractivity contribution in [3.05, 3.63) is 48.0 Å². The van der Waals surface area contributed by atoms with Crippen LogP contribution in [0.4, 0.5) is 0 Å². The number of rotatable bonds is 2. The summed E-state index contributed by atoms with van der Waals surface area (Å²) in [7, 11) is 1.53. The Hall–Kier alpha value is -2.46. The van der Waals surface area contributed by atoms with E-state index in [0.717, 1.165) is 37.9 Å². The summed E-state index contributed by atoms with van der Waals surface area (Å²) in [5, 5.41) is 14.9. The fraction of sp³-hybridized carbons (Fsp3) is 0.455. The maximum Gasteiger partial charge on any atom is 0.248 e. The highest BCUT2D eigenvalue weighted by Gasteiger charge is 2.53. The van der Waals surface area contributed by atoms with Crippen LogP contribution in [0.25, 0.3) is 0 Å². The topological polar surface area (TPSA) is 64.1 Å². The van der Waals surface area contributed by atoms with E-state index in [-0.39, 0.29) is 11.8 Å². The molecule has 1 N–H and O–H groups in total. The number of aliphatic hydroxyl groups is 1. The van der Waals surface area contributed by atoms with Gasteiger partial charge in [-0.15, -0.1) is 0 Å². The molecule has 0 spiro atoms. The van der Waals surface area contributed by atoms with Crippen LogP contribution in [0.3, 0.4) is 0 Å². The minimum absolute atomic E-state index is 0.184. The van der Waals surface area contributed by atoms with Gasteiger partial charge in [0.15, 0.2) is 0 Å². The number of likely N-dealkylation sites (N-methyl/N-ethyl adjacent to an activating group) is 1. The zero-order valence-electron chi connectivity index (χ0n) is 16.0. The third-order valence-electron chi connectivity index (χ3n) is 5.77. The van der Waals surface area contributed by atoms with E-state index in [2.05, 4.69) is 16.8 Å². The number of likely N-dealkylation sites (tertiary alicyclic amines) is 1. The number of aliphatic hydroxyl groups excluding tert-OH is 1. The number of carbonyl (C=O) groups excluding carboxylic acids is 2. The smallest absolute Gasteiger partial charge is 0.248 e. The molecule has 2 amide bonds. The molecule has 28 heavy (non-hydrogen) atoms. The van der Waals surface area contributed by atoms with Gasteiger partial charge in [-0.1, -0.05) is 48.6 Å². The molecule has 1 aromatic rings. The van der Waals surface area contributed by atoms with E-state index in [1.165, 1.54) is 11.9 Å². The molecular weight excluding hydrogens is 354 g/mol. The second-order valence-corrected chi connectivity index (χ2v) is 7.56. The molecular formula is C22H25N3O3. The summed E-state index contributed by atoms with van der Waals surface area (Å²) in [6, 6.07) is 8.45. The highest BCUT2D eigenvalue weighted by molar-refractivity contribution is 6.07. The van der Waals surface area contributed by atoms with Crippen molar-refractivity contribution in [1.29, 1.82) is 0 Å². The highest BCUT2D eigenvalue weighted by Crippen LogP contribution is 2.34. The Kier molecular flexibility index (Phi) is 5.31. The third-order valence-corrected chi connectivity index (χ3v) is 5.77. The quantitative estimate of drug-likeness (QED) is 0.472. The van der Waals surface area contributed by atoms with Gasteiger partial charge in [0.05, 0.1) is 12.0 Å². The molecule has 0 bridgehead atoms.